The molecule has 0 aliphatic rings. The highest BCUT2D eigenvalue weighted by Gasteiger charge is 2.00. The fourth-order valence-electron chi connectivity index (χ4n) is 1.45. The molecule has 16 heavy (non-hydrogen) atoms. The molecule has 0 unspecified atom stereocenters. The number of nitrogens with one attached hydrogen (secondary N) is 1. The lowest BCUT2D eigenvalue weighted by Gasteiger charge is -2.07. The van der Waals surface area contributed by atoms with Gasteiger partial charge in [0, 0.05) is 25.9 Å². The van der Waals surface area contributed by atoms with Crippen LogP contribution in [-0.4, -0.2) is 20.3 Å². The smallest absolute Gasteiger partial charge is 0.148 e. The number of benzene rings is 1. The molecule has 0 saturated heterocycles. The number of rotatable bonds is 7. The van der Waals surface area contributed by atoms with E-state index in [1.165, 1.54) is 6.07 Å². The van der Waals surface area contributed by atoms with Gasteiger partial charge in [0.15, 0.2) is 0 Å². The third-order valence-electron chi connectivity index (χ3n) is 2.33. The molecule has 0 atom stereocenters. The van der Waals surface area contributed by atoms with Crippen molar-refractivity contribution < 1.29 is 9.13 Å². The van der Waals surface area contributed by atoms with Gasteiger partial charge in [0.05, 0.1) is 5.69 Å². The van der Waals surface area contributed by atoms with E-state index in [9.17, 15) is 4.39 Å². The molecule has 0 bridgehead atoms. The van der Waals surface area contributed by atoms with Gasteiger partial charge in [-0.1, -0.05) is 0 Å². The Kier molecular flexibility index (Phi) is 5.64. The van der Waals surface area contributed by atoms with Gasteiger partial charge in [-0.3, -0.25) is 0 Å². The van der Waals surface area contributed by atoms with E-state index >= 15 is 0 Å². The van der Waals surface area contributed by atoms with E-state index in [4.69, 9.17) is 10.5 Å². The summed E-state index contributed by atoms with van der Waals surface area (Å²) in [4.78, 5) is 0. The highest BCUT2D eigenvalue weighted by atomic mass is 19.1. The van der Waals surface area contributed by atoms with Gasteiger partial charge >= 0.3 is 0 Å². The fourth-order valence-corrected chi connectivity index (χ4v) is 1.45. The van der Waals surface area contributed by atoms with Crippen molar-refractivity contribution in [1.29, 1.82) is 0 Å². The Morgan fingerprint density at radius 1 is 1.31 bits per heavy atom. The largest absolute Gasteiger partial charge is 0.399 e. The summed E-state index contributed by atoms with van der Waals surface area (Å²) in [7, 11) is 1.70. The minimum atomic E-state index is -0.295. The normalized spacial score (nSPS) is 10.4. The Hall–Kier alpha value is -1.29. The molecular weight excluding hydrogens is 207 g/mol. The summed E-state index contributed by atoms with van der Waals surface area (Å²) in [5, 5.41) is 3.05. The van der Waals surface area contributed by atoms with Crippen LogP contribution in [0.25, 0.3) is 0 Å². The van der Waals surface area contributed by atoms with E-state index in [2.05, 4.69) is 5.32 Å². The fraction of sp³-hybridized carbons (Fsp3) is 0.500. The van der Waals surface area contributed by atoms with E-state index < -0.39 is 0 Å². The number of hydrogen-bond donors (Lipinski definition) is 2. The molecule has 0 saturated carbocycles. The van der Waals surface area contributed by atoms with Gasteiger partial charge in [-0.05, 0) is 37.5 Å². The second-order valence-corrected chi connectivity index (χ2v) is 3.72. The van der Waals surface area contributed by atoms with Crippen LogP contribution < -0.4 is 11.1 Å². The first-order chi connectivity index (χ1) is 7.74. The zero-order chi connectivity index (χ0) is 11.8. The molecule has 1 aromatic rings. The van der Waals surface area contributed by atoms with Gasteiger partial charge in [0.2, 0.25) is 0 Å². The topological polar surface area (TPSA) is 47.3 Å². The van der Waals surface area contributed by atoms with E-state index in [0.29, 0.717) is 11.4 Å². The predicted molar refractivity (Wildman–Crippen MR) is 65.0 cm³/mol. The highest BCUT2D eigenvalue weighted by Crippen LogP contribution is 2.16. The van der Waals surface area contributed by atoms with Gasteiger partial charge < -0.3 is 15.8 Å². The number of hydrogen-bond acceptors (Lipinski definition) is 3. The van der Waals surface area contributed by atoms with Crippen molar-refractivity contribution in [2.75, 3.05) is 31.3 Å². The standard InChI is InChI=1S/C12H19FN2O/c1-16-8-4-2-3-7-15-12-6-5-10(14)9-11(12)13/h5-6,9,15H,2-4,7-8,14H2,1H3. The third kappa shape index (κ3) is 4.49. The molecule has 0 radical (unpaired) electrons. The van der Waals surface area contributed by atoms with Crippen LogP contribution in [0.1, 0.15) is 19.3 Å². The van der Waals surface area contributed by atoms with E-state index in [0.717, 1.165) is 32.4 Å². The lowest BCUT2D eigenvalue weighted by molar-refractivity contribution is 0.192. The number of ether oxygens (including phenoxy) is 1. The molecule has 90 valence electrons. The maximum Gasteiger partial charge on any atom is 0.148 e. The van der Waals surface area contributed by atoms with Gasteiger partial charge in [0.25, 0.3) is 0 Å². The van der Waals surface area contributed by atoms with Crippen LogP contribution in [0.15, 0.2) is 18.2 Å². The molecule has 0 heterocycles. The van der Waals surface area contributed by atoms with Crippen LogP contribution in [0.4, 0.5) is 15.8 Å². The molecule has 0 aromatic heterocycles. The first-order valence-electron chi connectivity index (χ1n) is 5.52. The Morgan fingerprint density at radius 2 is 2.12 bits per heavy atom. The second kappa shape index (κ2) is 7.06. The average Bonchev–Trinajstić information content (AvgIpc) is 2.26. The number of anilines is 2. The van der Waals surface area contributed by atoms with Crippen molar-refractivity contribution in [1.82, 2.24) is 0 Å². The molecule has 3 N–H and O–H groups in total. The van der Waals surface area contributed by atoms with Crippen LogP contribution in [-0.2, 0) is 4.74 Å². The molecule has 0 aliphatic heterocycles. The molecule has 0 amide bonds. The molecule has 4 heteroatoms. The minimum Gasteiger partial charge on any atom is -0.399 e. The average molecular weight is 226 g/mol. The van der Waals surface area contributed by atoms with Crippen molar-refractivity contribution >= 4 is 11.4 Å². The second-order valence-electron chi connectivity index (χ2n) is 3.72. The SMILES string of the molecule is COCCCCCNc1ccc(N)cc1F. The number of unbranched alkanes of at least 4 members (excludes halogenated alkanes) is 2. The Morgan fingerprint density at radius 3 is 2.81 bits per heavy atom. The van der Waals surface area contributed by atoms with E-state index in [1.54, 1.807) is 19.2 Å². The molecule has 1 aromatic carbocycles. The maximum atomic E-state index is 13.3. The van der Waals surface area contributed by atoms with Crippen LogP contribution in [0.3, 0.4) is 0 Å². The summed E-state index contributed by atoms with van der Waals surface area (Å²) in [6.45, 7) is 1.56. The van der Waals surface area contributed by atoms with E-state index in [1.807, 2.05) is 0 Å². The summed E-state index contributed by atoms with van der Waals surface area (Å²) >= 11 is 0. The quantitative estimate of drug-likeness (QED) is 0.555. The summed E-state index contributed by atoms with van der Waals surface area (Å²) in [6, 6.07) is 4.68. The third-order valence-corrected chi connectivity index (χ3v) is 2.33. The molecule has 0 fully saturated rings. The number of nitrogen functional groups attached to an aromatic ring is 1. The van der Waals surface area contributed by atoms with E-state index in [-0.39, 0.29) is 5.82 Å². The maximum absolute atomic E-state index is 13.3. The van der Waals surface area contributed by atoms with Gasteiger partial charge in [-0.25, -0.2) is 4.39 Å². The first kappa shape index (κ1) is 12.8. The Bertz CT molecular complexity index is 318. The van der Waals surface area contributed by atoms with Gasteiger partial charge in [-0.2, -0.15) is 0 Å². The van der Waals surface area contributed by atoms with Gasteiger partial charge in [0.1, 0.15) is 5.82 Å². The van der Waals surface area contributed by atoms with Gasteiger partial charge in [-0.15, -0.1) is 0 Å². The molecule has 0 aliphatic carbocycles. The van der Waals surface area contributed by atoms with Crippen molar-refractivity contribution in [3.05, 3.63) is 24.0 Å². The number of nitrogens with two attached hydrogens (primary N) is 1. The van der Waals surface area contributed by atoms with Crippen LogP contribution >= 0.6 is 0 Å². The van der Waals surface area contributed by atoms with Crippen molar-refractivity contribution in [2.24, 2.45) is 0 Å². The zero-order valence-corrected chi connectivity index (χ0v) is 9.63. The Labute approximate surface area is 95.8 Å². The summed E-state index contributed by atoms with van der Waals surface area (Å²) < 4.78 is 18.3. The summed E-state index contributed by atoms with van der Waals surface area (Å²) in [6.07, 6.45) is 3.13. The first-order valence-corrected chi connectivity index (χ1v) is 5.52. The highest BCUT2D eigenvalue weighted by molar-refractivity contribution is 5.52. The molecule has 3 nitrogen and oxygen atoms in total. The van der Waals surface area contributed by atoms with Crippen LogP contribution in [0, 0.1) is 5.82 Å². The molecule has 1 rings (SSSR count). The number of halogens is 1. The number of methoxy groups -OCH3 is 1. The Balaban J connectivity index is 2.21. The lowest BCUT2D eigenvalue weighted by Crippen LogP contribution is -2.04. The monoisotopic (exact) mass is 226 g/mol. The lowest BCUT2D eigenvalue weighted by atomic mass is 10.2. The van der Waals surface area contributed by atoms with Crippen molar-refractivity contribution in [2.45, 2.75) is 19.3 Å². The minimum absolute atomic E-state index is 0.295. The molecule has 0 spiro atoms. The zero-order valence-electron chi connectivity index (χ0n) is 9.63. The van der Waals surface area contributed by atoms with Crippen molar-refractivity contribution in [3.8, 4) is 0 Å². The predicted octanol–water partition coefficient (Wildman–Crippen LogP) is 2.64. The van der Waals surface area contributed by atoms with Crippen LogP contribution in [0.2, 0.25) is 0 Å². The van der Waals surface area contributed by atoms with Crippen LogP contribution in [0.5, 0.6) is 0 Å². The molecular formula is C12H19FN2O. The summed E-state index contributed by atoms with van der Waals surface area (Å²) in [5.41, 5.74) is 6.42. The van der Waals surface area contributed by atoms with Crippen molar-refractivity contribution in [3.63, 3.8) is 0 Å². The summed E-state index contributed by atoms with van der Waals surface area (Å²) in [5.74, 6) is -0.295.